The molecule has 2 amide bonds. The van der Waals surface area contributed by atoms with Gasteiger partial charge in [0.2, 0.25) is 11.8 Å². The summed E-state index contributed by atoms with van der Waals surface area (Å²) in [6.45, 7) is 6.52. The maximum absolute atomic E-state index is 12.2. The first-order chi connectivity index (χ1) is 13.0. The predicted octanol–water partition coefficient (Wildman–Crippen LogP) is 3.81. The van der Waals surface area contributed by atoms with Crippen LogP contribution in [0.25, 0.3) is 0 Å². The van der Waals surface area contributed by atoms with Crippen molar-refractivity contribution in [2.75, 3.05) is 5.32 Å². The summed E-state index contributed by atoms with van der Waals surface area (Å²) in [5.74, 6) is 5.52. The van der Waals surface area contributed by atoms with Crippen LogP contribution in [0.5, 0.6) is 0 Å². The topological polar surface area (TPSA) is 96.6 Å². The molecule has 27 heavy (non-hydrogen) atoms. The van der Waals surface area contributed by atoms with E-state index in [1.807, 2.05) is 12.1 Å². The van der Waals surface area contributed by atoms with Crippen molar-refractivity contribution in [2.24, 2.45) is 16.9 Å². The van der Waals surface area contributed by atoms with E-state index < -0.39 is 0 Å². The fourth-order valence-corrected chi connectivity index (χ4v) is 3.11. The zero-order valence-corrected chi connectivity index (χ0v) is 16.8. The Hall–Kier alpha value is -2.37. The quantitative estimate of drug-likeness (QED) is 0.295. The van der Waals surface area contributed by atoms with Crippen molar-refractivity contribution in [1.82, 2.24) is 5.32 Å². The molecule has 0 saturated carbocycles. The Kier molecular flexibility index (Phi) is 10.8. The molecule has 0 radical (unpaired) electrons. The molecule has 0 aliphatic heterocycles. The second-order valence-electron chi connectivity index (χ2n) is 6.92. The minimum absolute atomic E-state index is 0.0518. The summed E-state index contributed by atoms with van der Waals surface area (Å²) in [5, 5.41) is 9.37. The molecule has 6 nitrogen and oxygen atoms in total. The van der Waals surface area contributed by atoms with Gasteiger partial charge in [-0.25, -0.2) is 0 Å². The number of carbonyl (C=O) groups excluding carboxylic acids is 2. The Morgan fingerprint density at radius 1 is 1.07 bits per heavy atom. The van der Waals surface area contributed by atoms with E-state index >= 15 is 0 Å². The summed E-state index contributed by atoms with van der Waals surface area (Å²) in [6, 6.07) is 7.38. The highest BCUT2D eigenvalue weighted by Crippen LogP contribution is 2.17. The van der Waals surface area contributed by atoms with Gasteiger partial charge in [-0.1, -0.05) is 52.2 Å². The van der Waals surface area contributed by atoms with Crippen LogP contribution in [0.2, 0.25) is 0 Å². The van der Waals surface area contributed by atoms with E-state index in [0.29, 0.717) is 11.6 Å². The molecule has 1 atom stereocenters. The lowest BCUT2D eigenvalue weighted by Crippen LogP contribution is -2.36. The monoisotopic (exact) mass is 374 g/mol. The van der Waals surface area contributed by atoms with Crippen molar-refractivity contribution in [3.05, 3.63) is 29.8 Å². The Morgan fingerprint density at radius 2 is 1.70 bits per heavy atom. The SMILES string of the molecule is CCCC(CC(CC)CC)NC(=O)CCC(=O)Nc1ccc(C=NN)cc1. The Morgan fingerprint density at radius 3 is 2.26 bits per heavy atom. The second-order valence-corrected chi connectivity index (χ2v) is 6.92. The van der Waals surface area contributed by atoms with Gasteiger partial charge in [0.15, 0.2) is 0 Å². The van der Waals surface area contributed by atoms with Crippen molar-refractivity contribution < 1.29 is 9.59 Å². The summed E-state index contributed by atoms with van der Waals surface area (Å²) >= 11 is 0. The molecular formula is C21H34N4O2. The number of benzene rings is 1. The van der Waals surface area contributed by atoms with Gasteiger partial charge >= 0.3 is 0 Å². The smallest absolute Gasteiger partial charge is 0.224 e. The lowest BCUT2D eigenvalue weighted by Gasteiger charge is -2.23. The molecule has 0 aliphatic carbocycles. The number of anilines is 1. The van der Waals surface area contributed by atoms with Crippen molar-refractivity contribution in [3.8, 4) is 0 Å². The number of nitrogens with zero attached hydrogens (tertiary/aromatic N) is 1. The molecule has 150 valence electrons. The van der Waals surface area contributed by atoms with Crippen LogP contribution in [0.15, 0.2) is 29.4 Å². The first kappa shape index (κ1) is 22.7. The average Bonchev–Trinajstić information content (AvgIpc) is 2.66. The lowest BCUT2D eigenvalue weighted by atomic mass is 9.92. The molecule has 4 N–H and O–H groups in total. The van der Waals surface area contributed by atoms with Crippen molar-refractivity contribution in [2.45, 2.75) is 71.8 Å². The van der Waals surface area contributed by atoms with Crippen molar-refractivity contribution >= 4 is 23.7 Å². The minimum Gasteiger partial charge on any atom is -0.353 e. The standard InChI is InChI=1S/C21H34N4O2/c1-4-7-19(14-16(5-2)6-3)25-21(27)13-12-20(26)24-18-10-8-17(9-11-18)15-23-22/h8-11,15-16,19H,4-7,12-14,22H2,1-3H3,(H,24,26)(H,25,27). The normalized spacial score (nSPS) is 12.3. The summed E-state index contributed by atoms with van der Waals surface area (Å²) in [6.07, 6.45) is 7.19. The molecule has 1 rings (SSSR count). The highest BCUT2D eigenvalue weighted by Gasteiger charge is 2.16. The van der Waals surface area contributed by atoms with Crippen LogP contribution in [0.3, 0.4) is 0 Å². The van der Waals surface area contributed by atoms with Crippen molar-refractivity contribution in [3.63, 3.8) is 0 Å². The third kappa shape index (κ3) is 9.22. The maximum Gasteiger partial charge on any atom is 0.224 e. The number of carbonyl (C=O) groups is 2. The Labute approximate surface area is 163 Å². The number of hydrogen-bond donors (Lipinski definition) is 3. The van der Waals surface area contributed by atoms with E-state index in [9.17, 15) is 9.59 Å². The zero-order chi connectivity index (χ0) is 20.1. The van der Waals surface area contributed by atoms with Gasteiger partial charge in [0.05, 0.1) is 6.21 Å². The minimum atomic E-state index is -0.169. The van der Waals surface area contributed by atoms with Crippen LogP contribution in [0.4, 0.5) is 5.69 Å². The molecule has 1 aromatic rings. The molecule has 6 heteroatoms. The number of hydrogen-bond acceptors (Lipinski definition) is 4. The third-order valence-corrected chi connectivity index (χ3v) is 4.77. The van der Waals surface area contributed by atoms with Crippen LogP contribution in [-0.2, 0) is 9.59 Å². The van der Waals surface area contributed by atoms with Crippen molar-refractivity contribution in [1.29, 1.82) is 0 Å². The van der Waals surface area contributed by atoms with Gasteiger partial charge in [-0.05, 0) is 36.5 Å². The molecule has 0 bridgehead atoms. The molecule has 0 heterocycles. The van der Waals surface area contributed by atoms with E-state index in [0.717, 1.165) is 37.7 Å². The van der Waals surface area contributed by atoms with Gasteiger partial charge in [-0.3, -0.25) is 9.59 Å². The fourth-order valence-electron chi connectivity index (χ4n) is 3.11. The molecular weight excluding hydrogens is 340 g/mol. The highest BCUT2D eigenvalue weighted by atomic mass is 16.2. The Bertz CT molecular complexity index is 595. The van der Waals surface area contributed by atoms with Crippen LogP contribution < -0.4 is 16.5 Å². The lowest BCUT2D eigenvalue weighted by molar-refractivity contribution is -0.125. The number of rotatable bonds is 12. The maximum atomic E-state index is 12.2. The predicted molar refractivity (Wildman–Crippen MR) is 112 cm³/mol. The van der Waals surface area contributed by atoms with Gasteiger partial charge in [-0.15, -0.1) is 0 Å². The van der Waals surface area contributed by atoms with E-state index in [1.165, 1.54) is 6.21 Å². The number of hydrazone groups is 1. The highest BCUT2D eigenvalue weighted by molar-refractivity contribution is 5.93. The third-order valence-electron chi connectivity index (χ3n) is 4.77. The van der Waals surface area contributed by atoms with Gasteiger partial charge in [0.25, 0.3) is 0 Å². The number of nitrogens with one attached hydrogen (secondary N) is 2. The van der Waals surface area contributed by atoms with Gasteiger partial charge in [-0.2, -0.15) is 5.10 Å². The van der Waals surface area contributed by atoms with E-state index in [1.54, 1.807) is 12.1 Å². The van der Waals surface area contributed by atoms with E-state index in [2.05, 4.69) is 36.5 Å². The Balaban J connectivity index is 2.43. The molecule has 1 unspecified atom stereocenters. The van der Waals surface area contributed by atoms with E-state index in [-0.39, 0.29) is 30.7 Å². The van der Waals surface area contributed by atoms with Crippen LogP contribution >= 0.6 is 0 Å². The van der Waals surface area contributed by atoms with Crippen LogP contribution in [0, 0.1) is 5.92 Å². The summed E-state index contributed by atoms with van der Waals surface area (Å²) in [7, 11) is 0. The van der Waals surface area contributed by atoms with Gasteiger partial charge in [0.1, 0.15) is 0 Å². The number of nitrogens with two attached hydrogens (primary N) is 1. The summed E-state index contributed by atoms with van der Waals surface area (Å²) in [4.78, 5) is 24.3. The molecule has 0 aliphatic rings. The molecule has 0 fully saturated rings. The first-order valence-electron chi connectivity index (χ1n) is 9.94. The van der Waals surface area contributed by atoms with E-state index in [4.69, 9.17) is 5.84 Å². The summed E-state index contributed by atoms with van der Waals surface area (Å²) < 4.78 is 0. The summed E-state index contributed by atoms with van der Waals surface area (Å²) in [5.41, 5.74) is 1.54. The average molecular weight is 375 g/mol. The van der Waals surface area contributed by atoms with Crippen LogP contribution in [0.1, 0.15) is 71.3 Å². The second kappa shape index (κ2) is 12.9. The fraction of sp³-hybridized carbons (Fsp3) is 0.571. The molecule has 0 saturated heterocycles. The molecule has 0 spiro atoms. The van der Waals surface area contributed by atoms with Gasteiger partial charge in [0, 0.05) is 24.6 Å². The number of amides is 2. The first-order valence-corrected chi connectivity index (χ1v) is 9.94. The zero-order valence-electron chi connectivity index (χ0n) is 16.8. The largest absolute Gasteiger partial charge is 0.353 e. The van der Waals surface area contributed by atoms with Crippen LogP contribution in [-0.4, -0.2) is 24.1 Å². The molecule has 0 aromatic heterocycles. The molecule has 1 aromatic carbocycles. The van der Waals surface area contributed by atoms with Gasteiger partial charge < -0.3 is 16.5 Å².